The lowest BCUT2D eigenvalue weighted by Crippen LogP contribution is -1.98. The normalized spacial score (nSPS) is 11.5. The number of hydrogen-bond acceptors (Lipinski definition) is 7. The molecule has 0 aliphatic rings. The van der Waals surface area contributed by atoms with E-state index in [1.807, 2.05) is 0 Å². The van der Waals surface area contributed by atoms with E-state index in [2.05, 4.69) is 10.5 Å². The number of aromatic hydroxyl groups is 1. The molecule has 0 amide bonds. The molecule has 0 saturated carbocycles. The van der Waals surface area contributed by atoms with Gasteiger partial charge in [0.2, 0.25) is 0 Å². The fraction of sp³-hybridized carbons (Fsp3) is 0.0714. The second-order valence-electron chi connectivity index (χ2n) is 4.25. The standard InChI is InChI=1S/C14H14N2O5S/c1-21-13-4-2-3-10(14(13)17)9-15-16-11-5-7-12(8-6-11)22(18,19)20/h2-9,16-17H,1H3,(H,18,19,20)/p-1/b15-9+. The van der Waals surface area contributed by atoms with E-state index in [1.54, 1.807) is 18.2 Å². The zero-order chi connectivity index (χ0) is 16.2. The summed E-state index contributed by atoms with van der Waals surface area (Å²) in [4.78, 5) is -0.313. The van der Waals surface area contributed by atoms with Gasteiger partial charge in [-0.2, -0.15) is 5.10 Å². The molecule has 22 heavy (non-hydrogen) atoms. The lowest BCUT2D eigenvalue weighted by atomic mass is 10.2. The van der Waals surface area contributed by atoms with E-state index in [-0.39, 0.29) is 10.6 Å². The molecule has 0 radical (unpaired) electrons. The summed E-state index contributed by atoms with van der Waals surface area (Å²) in [5, 5.41) is 13.8. The molecule has 2 aromatic carbocycles. The molecular formula is C14H13N2O5S-. The highest BCUT2D eigenvalue weighted by molar-refractivity contribution is 7.85. The quantitative estimate of drug-likeness (QED) is 0.493. The zero-order valence-corrected chi connectivity index (χ0v) is 12.4. The third-order valence-corrected chi connectivity index (χ3v) is 3.64. The summed E-state index contributed by atoms with van der Waals surface area (Å²) < 4.78 is 37.4. The molecule has 0 aromatic heterocycles. The van der Waals surface area contributed by atoms with Gasteiger partial charge in [-0.05, 0) is 36.4 Å². The van der Waals surface area contributed by atoms with Crippen molar-refractivity contribution in [2.24, 2.45) is 5.10 Å². The Balaban J connectivity index is 2.10. The van der Waals surface area contributed by atoms with Crippen LogP contribution < -0.4 is 10.2 Å². The number of nitrogens with zero attached hydrogens (tertiary/aromatic N) is 1. The number of rotatable bonds is 5. The Morgan fingerprint density at radius 1 is 1.23 bits per heavy atom. The second kappa shape index (κ2) is 6.46. The average molecular weight is 321 g/mol. The van der Waals surface area contributed by atoms with Gasteiger partial charge >= 0.3 is 0 Å². The van der Waals surface area contributed by atoms with Crippen molar-refractivity contribution >= 4 is 22.0 Å². The Morgan fingerprint density at radius 2 is 1.91 bits per heavy atom. The summed E-state index contributed by atoms with van der Waals surface area (Å²) in [5.41, 5.74) is 3.60. The predicted octanol–water partition coefficient (Wildman–Crippen LogP) is 1.75. The third-order valence-electron chi connectivity index (χ3n) is 2.79. The molecule has 0 heterocycles. The Hall–Kier alpha value is -2.58. The van der Waals surface area contributed by atoms with Gasteiger partial charge in [-0.15, -0.1) is 0 Å². The number of anilines is 1. The molecule has 0 spiro atoms. The number of hydrazone groups is 1. The van der Waals surface area contributed by atoms with Crippen molar-refractivity contribution in [1.82, 2.24) is 0 Å². The van der Waals surface area contributed by atoms with E-state index in [1.165, 1.54) is 37.6 Å². The molecule has 8 heteroatoms. The van der Waals surface area contributed by atoms with Gasteiger partial charge in [-0.1, -0.05) is 6.07 Å². The molecular weight excluding hydrogens is 308 g/mol. The molecule has 0 bridgehead atoms. The molecule has 116 valence electrons. The van der Waals surface area contributed by atoms with E-state index >= 15 is 0 Å². The Bertz CT molecular complexity index is 785. The number of phenols is 1. The van der Waals surface area contributed by atoms with Crippen molar-refractivity contribution < 1.29 is 22.8 Å². The highest BCUT2D eigenvalue weighted by atomic mass is 32.2. The molecule has 2 aromatic rings. The van der Waals surface area contributed by atoms with E-state index < -0.39 is 10.1 Å². The van der Waals surface area contributed by atoms with Gasteiger partial charge in [0.1, 0.15) is 10.1 Å². The fourth-order valence-corrected chi connectivity index (χ4v) is 2.15. The van der Waals surface area contributed by atoms with Crippen LogP contribution in [0, 0.1) is 0 Å². The third kappa shape index (κ3) is 3.74. The van der Waals surface area contributed by atoms with E-state index in [9.17, 15) is 18.1 Å². The first-order chi connectivity index (χ1) is 10.4. The maximum atomic E-state index is 10.8. The van der Waals surface area contributed by atoms with Gasteiger partial charge in [-0.3, -0.25) is 5.43 Å². The van der Waals surface area contributed by atoms with Crippen molar-refractivity contribution in [3.63, 3.8) is 0 Å². The topological polar surface area (TPSA) is 111 Å². The lowest BCUT2D eigenvalue weighted by molar-refractivity contribution is 0.373. The first kappa shape index (κ1) is 15.8. The SMILES string of the molecule is COc1cccc(/C=N/Nc2ccc(S(=O)(=O)[O-])cc2)c1O. The monoisotopic (exact) mass is 321 g/mol. The summed E-state index contributed by atoms with van der Waals surface area (Å²) in [5.74, 6) is 0.289. The van der Waals surface area contributed by atoms with Gasteiger partial charge in [0, 0.05) is 5.56 Å². The van der Waals surface area contributed by atoms with Crippen LogP contribution in [0.2, 0.25) is 0 Å². The number of hydrogen-bond donors (Lipinski definition) is 2. The van der Waals surface area contributed by atoms with Gasteiger partial charge in [0.05, 0.1) is 23.9 Å². The van der Waals surface area contributed by atoms with Gasteiger partial charge in [-0.25, -0.2) is 8.42 Å². The molecule has 0 unspecified atom stereocenters. The Morgan fingerprint density at radius 3 is 2.50 bits per heavy atom. The highest BCUT2D eigenvalue weighted by Crippen LogP contribution is 2.28. The minimum absolute atomic E-state index is 0.0386. The zero-order valence-electron chi connectivity index (χ0n) is 11.6. The van der Waals surface area contributed by atoms with Gasteiger partial charge < -0.3 is 14.4 Å². The Kier molecular flexibility index (Phi) is 4.64. The highest BCUT2D eigenvalue weighted by Gasteiger charge is 2.04. The average Bonchev–Trinajstić information content (AvgIpc) is 2.48. The summed E-state index contributed by atoms with van der Waals surface area (Å²) >= 11 is 0. The van der Waals surface area contributed by atoms with E-state index in [4.69, 9.17) is 4.74 Å². The first-order valence-electron chi connectivity index (χ1n) is 6.13. The summed E-state index contributed by atoms with van der Waals surface area (Å²) in [6.45, 7) is 0. The van der Waals surface area contributed by atoms with Crippen molar-refractivity contribution in [1.29, 1.82) is 0 Å². The predicted molar refractivity (Wildman–Crippen MR) is 80.3 cm³/mol. The number of ether oxygens (including phenoxy) is 1. The van der Waals surface area contributed by atoms with Gasteiger partial charge in [0.25, 0.3) is 0 Å². The van der Waals surface area contributed by atoms with E-state index in [0.717, 1.165) is 0 Å². The van der Waals surface area contributed by atoms with Crippen molar-refractivity contribution in [2.75, 3.05) is 12.5 Å². The molecule has 7 nitrogen and oxygen atoms in total. The smallest absolute Gasteiger partial charge is 0.166 e. The van der Waals surface area contributed by atoms with Crippen LogP contribution in [-0.4, -0.2) is 31.4 Å². The van der Waals surface area contributed by atoms with Crippen LogP contribution in [0.15, 0.2) is 52.5 Å². The number of benzene rings is 2. The molecule has 0 atom stereocenters. The van der Waals surface area contributed by atoms with Crippen molar-refractivity contribution in [3.05, 3.63) is 48.0 Å². The maximum Gasteiger partial charge on any atom is 0.166 e. The molecule has 2 N–H and O–H groups in total. The largest absolute Gasteiger partial charge is 0.744 e. The minimum atomic E-state index is -4.46. The number of phenolic OH excluding ortho intramolecular Hbond substituents is 1. The molecule has 0 saturated heterocycles. The molecule has 0 fully saturated rings. The van der Waals surface area contributed by atoms with Crippen LogP contribution in [0.1, 0.15) is 5.56 Å². The first-order valence-corrected chi connectivity index (χ1v) is 7.53. The number of methoxy groups -OCH3 is 1. The maximum absolute atomic E-state index is 10.8. The molecule has 0 aliphatic heterocycles. The van der Waals surface area contributed by atoms with Crippen molar-refractivity contribution in [3.8, 4) is 11.5 Å². The van der Waals surface area contributed by atoms with E-state index in [0.29, 0.717) is 17.0 Å². The molecule has 0 aliphatic carbocycles. The number of nitrogens with one attached hydrogen (secondary N) is 1. The fourth-order valence-electron chi connectivity index (χ4n) is 1.68. The lowest BCUT2D eigenvalue weighted by Gasteiger charge is -2.07. The summed E-state index contributed by atoms with van der Waals surface area (Å²) in [7, 11) is -3.02. The number of para-hydroxylation sites is 1. The minimum Gasteiger partial charge on any atom is -0.744 e. The van der Waals surface area contributed by atoms with Crippen molar-refractivity contribution in [2.45, 2.75) is 4.90 Å². The van der Waals surface area contributed by atoms with Crippen LogP contribution in [-0.2, 0) is 10.1 Å². The summed E-state index contributed by atoms with van der Waals surface area (Å²) in [6.07, 6.45) is 1.39. The van der Waals surface area contributed by atoms with Crippen LogP contribution in [0.4, 0.5) is 5.69 Å². The van der Waals surface area contributed by atoms with Crippen LogP contribution >= 0.6 is 0 Å². The van der Waals surface area contributed by atoms with Gasteiger partial charge in [0.15, 0.2) is 11.5 Å². The second-order valence-corrected chi connectivity index (χ2v) is 5.63. The van der Waals surface area contributed by atoms with Crippen LogP contribution in [0.3, 0.4) is 0 Å². The van der Waals surface area contributed by atoms with Crippen LogP contribution in [0.5, 0.6) is 11.5 Å². The molecule has 2 rings (SSSR count). The van der Waals surface area contributed by atoms with Crippen LogP contribution in [0.25, 0.3) is 0 Å². The summed E-state index contributed by atoms with van der Waals surface area (Å²) in [6, 6.07) is 10.2. The Labute approximate surface area is 127 Å².